The largest absolute Gasteiger partial charge is 0.452 e. The molecule has 136 valence electrons. The zero-order chi connectivity index (χ0) is 18.8. The quantitative estimate of drug-likeness (QED) is 0.692. The molecule has 1 aliphatic heterocycles. The maximum Gasteiger partial charge on any atom is 0.338 e. The van der Waals surface area contributed by atoms with Gasteiger partial charge in [0, 0.05) is 10.5 Å². The van der Waals surface area contributed by atoms with Gasteiger partial charge in [0.05, 0.1) is 17.0 Å². The van der Waals surface area contributed by atoms with E-state index in [2.05, 4.69) is 15.5 Å². The monoisotopic (exact) mass is 381 g/mol. The van der Waals surface area contributed by atoms with Gasteiger partial charge in [-0.2, -0.15) is 4.98 Å². The molecule has 2 heterocycles. The average molecular weight is 381 g/mol. The molecule has 0 aliphatic carbocycles. The van der Waals surface area contributed by atoms with Crippen LogP contribution in [0.5, 0.6) is 0 Å². The first kappa shape index (κ1) is 17.3. The third-order valence-electron chi connectivity index (χ3n) is 4.03. The predicted octanol–water partition coefficient (Wildman–Crippen LogP) is 3.45. The van der Waals surface area contributed by atoms with Gasteiger partial charge in [-0.05, 0) is 30.7 Å². The number of aryl methyl sites for hydroxylation is 1. The first-order valence-electron chi connectivity index (χ1n) is 8.22. The second kappa shape index (κ2) is 7.24. The maximum absolute atomic E-state index is 12.3. The summed E-state index contributed by atoms with van der Waals surface area (Å²) in [4.78, 5) is 29.0. The van der Waals surface area contributed by atoms with Crippen molar-refractivity contribution in [1.29, 1.82) is 0 Å². The molecule has 3 aromatic rings. The Kier molecular flexibility index (Phi) is 4.64. The van der Waals surface area contributed by atoms with Crippen LogP contribution in [0, 0.1) is 6.92 Å². The lowest BCUT2D eigenvalue weighted by atomic mass is 10.1. The van der Waals surface area contributed by atoms with Gasteiger partial charge in [-0.15, -0.1) is 11.8 Å². The van der Waals surface area contributed by atoms with Crippen molar-refractivity contribution < 1.29 is 18.8 Å². The van der Waals surface area contributed by atoms with E-state index in [0.717, 1.165) is 16.0 Å². The molecule has 1 aliphatic rings. The first-order valence-corrected chi connectivity index (χ1v) is 9.21. The van der Waals surface area contributed by atoms with Gasteiger partial charge in [0.2, 0.25) is 11.7 Å². The third-order valence-corrected chi connectivity index (χ3v) is 5.10. The minimum absolute atomic E-state index is 0.0902. The standard InChI is InChI=1S/C19H15N3O4S/c1-11-4-2-3-5-13(11)18-21-17(26-22-18)9-25-19(24)12-6-7-15-14(8-12)20-16(23)10-27-15/h2-8H,9-10H2,1H3,(H,20,23). The van der Waals surface area contributed by atoms with E-state index < -0.39 is 5.97 Å². The minimum Gasteiger partial charge on any atom is -0.452 e. The fourth-order valence-electron chi connectivity index (χ4n) is 2.67. The van der Waals surface area contributed by atoms with Crippen molar-refractivity contribution in [2.24, 2.45) is 0 Å². The number of carbonyl (C=O) groups is 2. The van der Waals surface area contributed by atoms with Crippen LogP contribution in [0.15, 0.2) is 51.9 Å². The van der Waals surface area contributed by atoms with Crippen LogP contribution in [-0.4, -0.2) is 27.8 Å². The average Bonchev–Trinajstić information content (AvgIpc) is 3.14. The summed E-state index contributed by atoms with van der Waals surface area (Å²) in [6.07, 6.45) is 0. The van der Waals surface area contributed by atoms with Crippen molar-refractivity contribution in [2.75, 3.05) is 11.1 Å². The molecular weight excluding hydrogens is 366 g/mol. The Morgan fingerprint density at radius 2 is 2.15 bits per heavy atom. The summed E-state index contributed by atoms with van der Waals surface area (Å²) in [6.45, 7) is 1.83. The number of anilines is 1. The van der Waals surface area contributed by atoms with Gasteiger partial charge in [-0.25, -0.2) is 4.79 Å². The van der Waals surface area contributed by atoms with Crippen LogP contribution in [0.1, 0.15) is 21.8 Å². The number of hydrogen-bond donors (Lipinski definition) is 1. The molecule has 0 fully saturated rings. The molecule has 8 heteroatoms. The van der Waals surface area contributed by atoms with Gasteiger partial charge in [-0.3, -0.25) is 4.79 Å². The summed E-state index contributed by atoms with van der Waals surface area (Å²) in [5.41, 5.74) is 2.85. The Bertz CT molecular complexity index is 1030. The van der Waals surface area contributed by atoms with Gasteiger partial charge < -0.3 is 14.6 Å². The summed E-state index contributed by atoms with van der Waals surface area (Å²) in [7, 11) is 0. The number of esters is 1. The van der Waals surface area contributed by atoms with Crippen molar-refractivity contribution >= 4 is 29.3 Å². The molecule has 1 N–H and O–H groups in total. The number of ether oxygens (including phenoxy) is 1. The highest BCUT2D eigenvalue weighted by Gasteiger charge is 2.19. The number of nitrogens with one attached hydrogen (secondary N) is 1. The molecule has 27 heavy (non-hydrogen) atoms. The number of fused-ring (bicyclic) bond motifs is 1. The SMILES string of the molecule is Cc1ccccc1-c1noc(COC(=O)c2ccc3c(c2)NC(=O)CS3)n1. The van der Waals surface area contributed by atoms with Crippen LogP contribution < -0.4 is 5.32 Å². The molecule has 0 unspecified atom stereocenters. The van der Waals surface area contributed by atoms with Gasteiger partial charge >= 0.3 is 5.97 Å². The third kappa shape index (κ3) is 3.70. The van der Waals surface area contributed by atoms with E-state index in [4.69, 9.17) is 9.26 Å². The number of amides is 1. The van der Waals surface area contributed by atoms with Gasteiger partial charge in [-0.1, -0.05) is 29.4 Å². The number of thioether (sulfide) groups is 1. The molecule has 1 amide bonds. The van der Waals surface area contributed by atoms with Crippen LogP contribution in [0.25, 0.3) is 11.4 Å². The lowest BCUT2D eigenvalue weighted by Crippen LogP contribution is -2.19. The smallest absolute Gasteiger partial charge is 0.338 e. The summed E-state index contributed by atoms with van der Waals surface area (Å²) < 4.78 is 10.4. The van der Waals surface area contributed by atoms with E-state index in [0.29, 0.717) is 22.8 Å². The van der Waals surface area contributed by atoms with E-state index in [1.165, 1.54) is 11.8 Å². The zero-order valence-corrected chi connectivity index (χ0v) is 15.2. The van der Waals surface area contributed by atoms with Crippen molar-refractivity contribution in [2.45, 2.75) is 18.4 Å². The molecule has 0 bridgehead atoms. The summed E-state index contributed by atoms with van der Waals surface area (Å²) in [6, 6.07) is 12.7. The Hall–Kier alpha value is -3.13. The molecule has 1 aromatic heterocycles. The summed E-state index contributed by atoms with van der Waals surface area (Å²) >= 11 is 1.43. The van der Waals surface area contributed by atoms with Crippen LogP contribution >= 0.6 is 11.8 Å². The van der Waals surface area contributed by atoms with Crippen LogP contribution in [0.2, 0.25) is 0 Å². The highest BCUT2D eigenvalue weighted by molar-refractivity contribution is 8.00. The number of hydrogen-bond acceptors (Lipinski definition) is 7. The van der Waals surface area contributed by atoms with Crippen molar-refractivity contribution in [3.63, 3.8) is 0 Å². The van der Waals surface area contributed by atoms with Gasteiger partial charge in [0.1, 0.15) is 0 Å². The van der Waals surface area contributed by atoms with Crippen molar-refractivity contribution in [3.05, 3.63) is 59.5 Å². The van der Waals surface area contributed by atoms with E-state index in [-0.39, 0.29) is 18.4 Å². The molecule has 2 aromatic carbocycles. The van der Waals surface area contributed by atoms with Crippen molar-refractivity contribution in [1.82, 2.24) is 10.1 Å². The highest BCUT2D eigenvalue weighted by Crippen LogP contribution is 2.32. The van der Waals surface area contributed by atoms with Gasteiger partial charge in [0.15, 0.2) is 6.61 Å². The Balaban J connectivity index is 1.44. The Labute approximate surface area is 159 Å². The van der Waals surface area contributed by atoms with E-state index in [9.17, 15) is 9.59 Å². The van der Waals surface area contributed by atoms with E-state index in [1.54, 1.807) is 18.2 Å². The Morgan fingerprint density at radius 1 is 1.30 bits per heavy atom. The molecular formula is C19H15N3O4S. The molecule has 0 radical (unpaired) electrons. The normalized spacial score (nSPS) is 13.0. The first-order chi connectivity index (χ1) is 13.1. The van der Waals surface area contributed by atoms with Crippen LogP contribution in [0.4, 0.5) is 5.69 Å². The summed E-state index contributed by atoms with van der Waals surface area (Å²) in [5.74, 6) is 0.416. The lowest BCUT2D eigenvalue weighted by Gasteiger charge is -2.16. The van der Waals surface area contributed by atoms with Crippen LogP contribution in [0.3, 0.4) is 0 Å². The molecule has 0 atom stereocenters. The zero-order valence-electron chi connectivity index (χ0n) is 14.4. The van der Waals surface area contributed by atoms with E-state index in [1.807, 2.05) is 31.2 Å². The van der Waals surface area contributed by atoms with E-state index >= 15 is 0 Å². The lowest BCUT2D eigenvalue weighted by molar-refractivity contribution is -0.113. The topological polar surface area (TPSA) is 94.3 Å². The maximum atomic E-state index is 12.3. The highest BCUT2D eigenvalue weighted by atomic mass is 32.2. The molecule has 0 spiro atoms. The van der Waals surface area contributed by atoms with Gasteiger partial charge in [0.25, 0.3) is 5.89 Å². The predicted molar refractivity (Wildman–Crippen MR) is 99.4 cm³/mol. The molecule has 7 nitrogen and oxygen atoms in total. The number of nitrogens with zero attached hydrogens (tertiary/aromatic N) is 2. The number of rotatable bonds is 4. The number of carbonyl (C=O) groups excluding carboxylic acids is 2. The molecule has 0 saturated heterocycles. The van der Waals surface area contributed by atoms with Crippen LogP contribution in [-0.2, 0) is 16.1 Å². The minimum atomic E-state index is -0.529. The number of benzene rings is 2. The fraction of sp³-hybridized carbons (Fsp3) is 0.158. The molecule has 4 rings (SSSR count). The second-order valence-electron chi connectivity index (χ2n) is 5.95. The summed E-state index contributed by atoms with van der Waals surface area (Å²) in [5, 5.41) is 6.68. The van der Waals surface area contributed by atoms with Crippen molar-refractivity contribution in [3.8, 4) is 11.4 Å². The number of aromatic nitrogens is 2. The fourth-order valence-corrected chi connectivity index (χ4v) is 3.46. The second-order valence-corrected chi connectivity index (χ2v) is 6.97. The molecule has 0 saturated carbocycles. The Morgan fingerprint density at radius 3 is 3.00 bits per heavy atom.